The average Bonchev–Trinajstić information content (AvgIpc) is 1.63. The molecule has 1 aliphatic carbocycles. The highest BCUT2D eigenvalue weighted by atomic mass is 15.4. The zero-order chi connectivity index (χ0) is 4.15. The van der Waals surface area contributed by atoms with Gasteiger partial charge in [-0.3, -0.25) is 0 Å². The molecule has 0 aromatic carbocycles. The summed E-state index contributed by atoms with van der Waals surface area (Å²) in [5.41, 5.74) is 0. The van der Waals surface area contributed by atoms with E-state index in [0.717, 1.165) is 12.1 Å². The second-order valence-electron chi connectivity index (χ2n) is 2.53. The van der Waals surface area contributed by atoms with Gasteiger partial charge in [-0.2, -0.15) is 0 Å². The smallest absolute Gasteiger partial charge is 0.140 e. The second kappa shape index (κ2) is 0.648. The number of likely N-dealkylation sites (tertiary alicyclic amines) is 1. The Bertz CT molecular complexity index is 63.3. The summed E-state index contributed by atoms with van der Waals surface area (Å²) in [7, 11) is 2.29. The van der Waals surface area contributed by atoms with Crippen molar-refractivity contribution in [2.75, 3.05) is 7.05 Å². The molecule has 1 saturated carbocycles. The van der Waals surface area contributed by atoms with Gasteiger partial charge in [-0.25, -0.2) is 0 Å². The number of hydrogen-bond donors (Lipinski definition) is 1. The van der Waals surface area contributed by atoms with Gasteiger partial charge < -0.3 is 4.90 Å². The Labute approximate surface area is 37.9 Å². The molecule has 1 heteroatoms. The first-order valence-corrected chi connectivity index (χ1v) is 2.73. The van der Waals surface area contributed by atoms with E-state index in [1.807, 2.05) is 0 Å². The third kappa shape index (κ3) is 0.155. The zero-order valence-electron chi connectivity index (χ0n) is 4.07. The molecule has 0 aromatic rings. The fraction of sp³-hybridized carbons (Fsp3) is 1.00. The lowest BCUT2D eigenvalue weighted by atomic mass is 10.0. The number of hydrogen-bond acceptors (Lipinski definition) is 0. The summed E-state index contributed by atoms with van der Waals surface area (Å²) in [4.78, 5) is 1.79. The van der Waals surface area contributed by atoms with Crippen LogP contribution in [0, 0.1) is 0 Å². The van der Waals surface area contributed by atoms with Gasteiger partial charge in [0.15, 0.2) is 0 Å². The second-order valence-corrected chi connectivity index (χ2v) is 2.53. The van der Waals surface area contributed by atoms with E-state index in [1.54, 1.807) is 4.90 Å². The minimum Gasteiger partial charge on any atom is -0.323 e. The normalized spacial score (nSPS) is 62.5. The SMILES string of the molecule is C[NH+]1C2CCC21. The molecule has 0 spiro atoms. The Morgan fingerprint density at radius 1 is 1.33 bits per heavy atom. The molecule has 2 rings (SSSR count). The minimum atomic E-state index is 1.12. The molecule has 2 fully saturated rings. The van der Waals surface area contributed by atoms with Crippen molar-refractivity contribution in [3.05, 3.63) is 0 Å². The van der Waals surface area contributed by atoms with Crippen LogP contribution < -0.4 is 4.90 Å². The lowest BCUT2D eigenvalue weighted by Gasteiger charge is -1.93. The van der Waals surface area contributed by atoms with Crippen molar-refractivity contribution in [3.8, 4) is 0 Å². The maximum absolute atomic E-state index is 2.29. The van der Waals surface area contributed by atoms with E-state index in [1.165, 1.54) is 12.8 Å². The first kappa shape index (κ1) is 3.03. The molecule has 34 valence electrons. The van der Waals surface area contributed by atoms with E-state index < -0.39 is 0 Å². The van der Waals surface area contributed by atoms with Gasteiger partial charge in [-0.15, -0.1) is 0 Å². The Hall–Kier alpha value is -0.0400. The van der Waals surface area contributed by atoms with Gasteiger partial charge in [0.2, 0.25) is 0 Å². The summed E-state index contributed by atoms with van der Waals surface area (Å²) in [6, 6.07) is 2.23. The van der Waals surface area contributed by atoms with Gasteiger partial charge in [0.05, 0.1) is 7.05 Å². The molecular formula is C5H10N+. The van der Waals surface area contributed by atoms with Gasteiger partial charge in [0, 0.05) is 12.8 Å². The molecular weight excluding hydrogens is 74.1 g/mol. The fourth-order valence-corrected chi connectivity index (χ4v) is 1.49. The van der Waals surface area contributed by atoms with Gasteiger partial charge in [-0.1, -0.05) is 0 Å². The molecule has 2 unspecified atom stereocenters. The lowest BCUT2D eigenvalue weighted by Crippen LogP contribution is -2.90. The van der Waals surface area contributed by atoms with Crippen molar-refractivity contribution >= 4 is 0 Å². The van der Waals surface area contributed by atoms with Crippen molar-refractivity contribution in [2.45, 2.75) is 24.9 Å². The molecule has 0 amide bonds. The number of fused-ring (bicyclic) bond motifs is 1. The van der Waals surface area contributed by atoms with Gasteiger partial charge in [0.25, 0.3) is 0 Å². The highest BCUT2D eigenvalue weighted by molar-refractivity contribution is 4.90. The Balaban J connectivity index is 2.11. The van der Waals surface area contributed by atoms with Gasteiger partial charge in [-0.05, 0) is 0 Å². The quantitative estimate of drug-likeness (QED) is 0.361. The van der Waals surface area contributed by atoms with Crippen molar-refractivity contribution in [1.82, 2.24) is 0 Å². The predicted molar refractivity (Wildman–Crippen MR) is 23.7 cm³/mol. The van der Waals surface area contributed by atoms with Crippen LogP contribution >= 0.6 is 0 Å². The molecule has 1 saturated heterocycles. The van der Waals surface area contributed by atoms with Crippen molar-refractivity contribution in [1.29, 1.82) is 0 Å². The summed E-state index contributed by atoms with van der Waals surface area (Å²) in [6.45, 7) is 0. The number of rotatable bonds is 0. The van der Waals surface area contributed by atoms with Gasteiger partial charge >= 0.3 is 0 Å². The molecule has 1 N–H and O–H groups in total. The Morgan fingerprint density at radius 2 is 1.83 bits per heavy atom. The summed E-state index contributed by atoms with van der Waals surface area (Å²) >= 11 is 0. The lowest BCUT2D eigenvalue weighted by molar-refractivity contribution is -0.755. The third-order valence-corrected chi connectivity index (χ3v) is 2.33. The van der Waals surface area contributed by atoms with Crippen LogP contribution in [-0.4, -0.2) is 19.1 Å². The summed E-state index contributed by atoms with van der Waals surface area (Å²) in [5.74, 6) is 0. The van der Waals surface area contributed by atoms with Crippen molar-refractivity contribution in [3.63, 3.8) is 0 Å². The van der Waals surface area contributed by atoms with E-state index in [2.05, 4.69) is 7.05 Å². The van der Waals surface area contributed by atoms with Crippen LogP contribution in [0.1, 0.15) is 12.8 Å². The highest BCUT2D eigenvalue weighted by Gasteiger charge is 2.58. The van der Waals surface area contributed by atoms with E-state index in [0.29, 0.717) is 0 Å². The van der Waals surface area contributed by atoms with E-state index in [4.69, 9.17) is 0 Å². The van der Waals surface area contributed by atoms with Crippen LogP contribution in [0.3, 0.4) is 0 Å². The van der Waals surface area contributed by atoms with Crippen LogP contribution in [0.4, 0.5) is 0 Å². The largest absolute Gasteiger partial charge is 0.323 e. The molecule has 0 bridgehead atoms. The molecule has 1 heterocycles. The molecule has 2 aliphatic rings. The Kier molecular flexibility index (Phi) is 0.327. The van der Waals surface area contributed by atoms with Crippen LogP contribution in [0.25, 0.3) is 0 Å². The van der Waals surface area contributed by atoms with E-state index in [9.17, 15) is 0 Å². The topological polar surface area (TPSA) is 4.44 Å². The molecule has 1 aliphatic heterocycles. The first-order chi connectivity index (χ1) is 2.89. The number of quaternary nitrogens is 1. The number of likely N-dealkylation sites (N-methyl/N-ethyl adjacent to an activating group) is 1. The number of nitrogens with one attached hydrogen (secondary N) is 1. The van der Waals surface area contributed by atoms with E-state index >= 15 is 0 Å². The van der Waals surface area contributed by atoms with Gasteiger partial charge in [0.1, 0.15) is 12.1 Å². The highest BCUT2D eigenvalue weighted by Crippen LogP contribution is 2.24. The first-order valence-electron chi connectivity index (χ1n) is 2.73. The molecule has 6 heavy (non-hydrogen) atoms. The summed E-state index contributed by atoms with van der Waals surface area (Å²) in [6.07, 6.45) is 3.02. The van der Waals surface area contributed by atoms with Crippen LogP contribution in [0.2, 0.25) is 0 Å². The van der Waals surface area contributed by atoms with E-state index in [-0.39, 0.29) is 0 Å². The molecule has 0 radical (unpaired) electrons. The van der Waals surface area contributed by atoms with Crippen molar-refractivity contribution < 1.29 is 4.90 Å². The molecule has 1 nitrogen and oxygen atoms in total. The van der Waals surface area contributed by atoms with Crippen LogP contribution in [0.5, 0.6) is 0 Å². The average molecular weight is 84.1 g/mol. The zero-order valence-corrected chi connectivity index (χ0v) is 4.07. The monoisotopic (exact) mass is 84.1 g/mol. The standard InChI is InChI=1S/C5H9N/c1-6-4-2-3-5(4)6/h4-5H,2-3H2,1H3/p+1. The minimum absolute atomic E-state index is 1.12. The summed E-state index contributed by atoms with van der Waals surface area (Å²) in [5, 5.41) is 0. The molecule has 0 aromatic heterocycles. The third-order valence-electron chi connectivity index (χ3n) is 2.33. The van der Waals surface area contributed by atoms with Crippen LogP contribution in [0.15, 0.2) is 0 Å². The fourth-order valence-electron chi connectivity index (χ4n) is 1.49. The summed E-state index contributed by atoms with van der Waals surface area (Å²) < 4.78 is 0. The predicted octanol–water partition coefficient (Wildman–Crippen LogP) is -0.954. The van der Waals surface area contributed by atoms with Crippen molar-refractivity contribution in [2.24, 2.45) is 0 Å². The molecule has 2 atom stereocenters. The Morgan fingerprint density at radius 3 is 1.83 bits per heavy atom. The van der Waals surface area contributed by atoms with Crippen LogP contribution in [-0.2, 0) is 0 Å². The maximum atomic E-state index is 2.29. The maximum Gasteiger partial charge on any atom is 0.140 e.